The number of hydrogen-bond acceptors (Lipinski definition) is 2. The molecule has 4 rings (SSSR count). The maximum atomic E-state index is 12.9. The predicted molar refractivity (Wildman–Crippen MR) is 96.4 cm³/mol. The number of urea groups is 1. The van der Waals surface area contributed by atoms with Crippen LogP contribution in [0.25, 0.3) is 10.9 Å². The summed E-state index contributed by atoms with van der Waals surface area (Å²) < 4.78 is 2.09. The van der Waals surface area contributed by atoms with Gasteiger partial charge in [0.1, 0.15) is 6.54 Å². The summed E-state index contributed by atoms with van der Waals surface area (Å²) >= 11 is 0. The van der Waals surface area contributed by atoms with Crippen molar-refractivity contribution >= 4 is 22.8 Å². The number of hydrogen-bond donors (Lipinski definition) is 1. The summed E-state index contributed by atoms with van der Waals surface area (Å²) in [5, 5.41) is 4.02. The first-order valence-corrected chi connectivity index (χ1v) is 9.00. The van der Waals surface area contributed by atoms with E-state index in [4.69, 9.17) is 0 Å². The highest BCUT2D eigenvalue weighted by molar-refractivity contribution is 5.84. The molecule has 0 spiro atoms. The molecular formula is C19H24N4O2. The van der Waals surface area contributed by atoms with Gasteiger partial charge >= 0.3 is 6.03 Å². The van der Waals surface area contributed by atoms with Crippen molar-refractivity contribution in [2.75, 3.05) is 26.2 Å². The molecule has 1 aromatic heterocycles. The molecule has 1 atom stereocenters. The lowest BCUT2D eigenvalue weighted by molar-refractivity contribution is -0.133. The largest absolute Gasteiger partial charge is 0.339 e. The van der Waals surface area contributed by atoms with E-state index >= 15 is 0 Å². The molecule has 0 bridgehead atoms. The number of piperidine rings is 1. The first kappa shape index (κ1) is 16.0. The summed E-state index contributed by atoms with van der Waals surface area (Å²) in [6.07, 6.45) is 1.92. The van der Waals surface area contributed by atoms with E-state index in [1.54, 1.807) is 0 Å². The maximum absolute atomic E-state index is 12.9. The summed E-state index contributed by atoms with van der Waals surface area (Å²) in [4.78, 5) is 28.6. The minimum Gasteiger partial charge on any atom is -0.339 e. The molecule has 3 amide bonds. The molecule has 2 aromatic rings. The molecule has 2 aliphatic rings. The third-order valence-corrected chi connectivity index (χ3v) is 5.39. The zero-order valence-corrected chi connectivity index (χ0v) is 14.6. The molecule has 0 saturated carbocycles. The Balaban J connectivity index is 1.48. The highest BCUT2D eigenvalue weighted by Gasteiger charge is 2.32. The van der Waals surface area contributed by atoms with Gasteiger partial charge in [-0.2, -0.15) is 0 Å². The number of para-hydroxylation sites is 1. The molecule has 2 saturated heterocycles. The molecule has 0 radical (unpaired) electrons. The standard InChI is InChI=1S/C19H24N4O2/c1-14-11-15-5-2-3-7-17(15)23(14)13-18(24)21-9-4-6-16(12-21)22-10-8-20-19(22)25/h2-3,5,7,11,16H,4,6,8-10,12-13H2,1H3,(H,20,25)/t16-/m0/s1. The fraction of sp³-hybridized carbons (Fsp3) is 0.474. The van der Waals surface area contributed by atoms with Gasteiger partial charge in [0.15, 0.2) is 0 Å². The third kappa shape index (κ3) is 2.97. The SMILES string of the molecule is Cc1cc2ccccc2n1CC(=O)N1CCC[C@H](N2CCNC2=O)C1. The lowest BCUT2D eigenvalue weighted by Gasteiger charge is -2.37. The van der Waals surface area contributed by atoms with Crippen molar-refractivity contribution in [1.82, 2.24) is 19.7 Å². The van der Waals surface area contributed by atoms with Gasteiger partial charge in [0.25, 0.3) is 0 Å². The average molecular weight is 340 g/mol. The van der Waals surface area contributed by atoms with Crippen LogP contribution in [-0.2, 0) is 11.3 Å². The number of fused-ring (bicyclic) bond motifs is 1. The Hall–Kier alpha value is -2.50. The van der Waals surface area contributed by atoms with Gasteiger partial charge in [-0.3, -0.25) is 4.79 Å². The molecule has 25 heavy (non-hydrogen) atoms. The third-order valence-electron chi connectivity index (χ3n) is 5.39. The van der Waals surface area contributed by atoms with Crippen LogP contribution in [0.2, 0.25) is 0 Å². The first-order valence-electron chi connectivity index (χ1n) is 9.00. The molecule has 0 aliphatic carbocycles. The van der Waals surface area contributed by atoms with E-state index in [9.17, 15) is 9.59 Å². The monoisotopic (exact) mass is 340 g/mol. The van der Waals surface area contributed by atoms with Crippen LogP contribution in [0.1, 0.15) is 18.5 Å². The topological polar surface area (TPSA) is 57.6 Å². The smallest absolute Gasteiger partial charge is 0.317 e. The first-order chi connectivity index (χ1) is 12.1. The van der Waals surface area contributed by atoms with Crippen molar-refractivity contribution in [3.63, 3.8) is 0 Å². The fourth-order valence-electron chi connectivity index (χ4n) is 4.06. The summed E-state index contributed by atoms with van der Waals surface area (Å²) in [5.41, 5.74) is 2.20. The summed E-state index contributed by atoms with van der Waals surface area (Å²) in [6, 6.07) is 10.4. The van der Waals surface area contributed by atoms with Crippen LogP contribution in [0, 0.1) is 6.92 Å². The molecule has 1 aromatic carbocycles. The minimum absolute atomic E-state index is 0.00606. The second-order valence-electron chi connectivity index (χ2n) is 6.99. The van der Waals surface area contributed by atoms with E-state index < -0.39 is 0 Å². The van der Waals surface area contributed by atoms with E-state index in [1.807, 2.05) is 28.9 Å². The second-order valence-corrected chi connectivity index (χ2v) is 6.99. The van der Waals surface area contributed by atoms with Gasteiger partial charge in [0.05, 0.1) is 6.04 Å². The van der Waals surface area contributed by atoms with Gasteiger partial charge in [0, 0.05) is 37.4 Å². The van der Waals surface area contributed by atoms with Crippen LogP contribution in [0.5, 0.6) is 0 Å². The highest BCUT2D eigenvalue weighted by atomic mass is 16.2. The van der Waals surface area contributed by atoms with Gasteiger partial charge in [-0.05, 0) is 37.3 Å². The lowest BCUT2D eigenvalue weighted by atomic mass is 10.0. The van der Waals surface area contributed by atoms with Crippen molar-refractivity contribution in [2.45, 2.75) is 32.4 Å². The van der Waals surface area contributed by atoms with Crippen molar-refractivity contribution in [2.24, 2.45) is 0 Å². The van der Waals surface area contributed by atoms with E-state index in [-0.39, 0.29) is 18.0 Å². The Morgan fingerprint density at radius 2 is 2.12 bits per heavy atom. The molecule has 1 N–H and O–H groups in total. The summed E-state index contributed by atoms with van der Waals surface area (Å²) in [5.74, 6) is 0.133. The number of benzene rings is 1. The van der Waals surface area contributed by atoms with Crippen molar-refractivity contribution < 1.29 is 9.59 Å². The number of aryl methyl sites for hydroxylation is 1. The quantitative estimate of drug-likeness (QED) is 0.929. The molecule has 6 nitrogen and oxygen atoms in total. The van der Waals surface area contributed by atoms with Crippen molar-refractivity contribution in [3.05, 3.63) is 36.0 Å². The Morgan fingerprint density at radius 3 is 2.92 bits per heavy atom. The zero-order chi connectivity index (χ0) is 17.4. The minimum atomic E-state index is 0.00606. The second kappa shape index (κ2) is 6.43. The zero-order valence-electron chi connectivity index (χ0n) is 14.6. The fourth-order valence-corrected chi connectivity index (χ4v) is 4.06. The number of carbonyl (C=O) groups excluding carboxylic acids is 2. The van der Waals surface area contributed by atoms with Gasteiger partial charge in [-0.25, -0.2) is 4.79 Å². The number of amides is 3. The Kier molecular flexibility index (Phi) is 4.11. The van der Waals surface area contributed by atoms with E-state index in [0.29, 0.717) is 19.6 Å². The highest BCUT2D eigenvalue weighted by Crippen LogP contribution is 2.21. The van der Waals surface area contributed by atoms with Gasteiger partial charge in [-0.1, -0.05) is 18.2 Å². The number of nitrogens with one attached hydrogen (secondary N) is 1. The van der Waals surface area contributed by atoms with E-state index in [1.165, 1.54) is 0 Å². The molecule has 2 fully saturated rings. The predicted octanol–water partition coefficient (Wildman–Crippen LogP) is 1.97. The Morgan fingerprint density at radius 1 is 1.28 bits per heavy atom. The molecule has 3 heterocycles. The number of likely N-dealkylation sites (tertiary alicyclic amines) is 1. The molecule has 2 aliphatic heterocycles. The summed E-state index contributed by atoms with van der Waals surface area (Å²) in [6.45, 7) is 5.28. The molecule has 0 unspecified atom stereocenters. The van der Waals surface area contributed by atoms with Crippen LogP contribution in [0.15, 0.2) is 30.3 Å². The van der Waals surface area contributed by atoms with E-state index in [2.05, 4.69) is 28.1 Å². The number of carbonyl (C=O) groups is 2. The van der Waals surface area contributed by atoms with Crippen LogP contribution < -0.4 is 5.32 Å². The van der Waals surface area contributed by atoms with Crippen LogP contribution >= 0.6 is 0 Å². The lowest BCUT2D eigenvalue weighted by Crippen LogP contribution is -2.51. The van der Waals surface area contributed by atoms with Crippen molar-refractivity contribution in [1.29, 1.82) is 0 Å². The Bertz CT molecular complexity index is 813. The van der Waals surface area contributed by atoms with Gasteiger partial charge < -0.3 is 19.7 Å². The average Bonchev–Trinajstić information content (AvgIpc) is 3.18. The summed E-state index contributed by atoms with van der Waals surface area (Å²) in [7, 11) is 0. The van der Waals surface area contributed by atoms with Crippen LogP contribution in [0.4, 0.5) is 4.79 Å². The van der Waals surface area contributed by atoms with Crippen LogP contribution in [0.3, 0.4) is 0 Å². The molecule has 6 heteroatoms. The number of nitrogens with zero attached hydrogens (tertiary/aromatic N) is 3. The van der Waals surface area contributed by atoms with Gasteiger partial charge in [0.2, 0.25) is 5.91 Å². The van der Waals surface area contributed by atoms with Crippen LogP contribution in [-0.4, -0.2) is 58.5 Å². The normalized spacial score (nSPS) is 21.0. The maximum Gasteiger partial charge on any atom is 0.317 e. The van der Waals surface area contributed by atoms with Gasteiger partial charge in [-0.15, -0.1) is 0 Å². The molecule has 132 valence electrons. The van der Waals surface area contributed by atoms with E-state index in [0.717, 1.165) is 42.5 Å². The number of rotatable bonds is 3. The molecular weight excluding hydrogens is 316 g/mol. The Labute approximate surface area is 147 Å². The number of aromatic nitrogens is 1. The van der Waals surface area contributed by atoms with Crippen molar-refractivity contribution in [3.8, 4) is 0 Å².